The Bertz CT molecular complexity index is 539. The second kappa shape index (κ2) is 5.75. The second-order valence-corrected chi connectivity index (χ2v) is 6.20. The fourth-order valence-electron chi connectivity index (χ4n) is 1.44. The van der Waals surface area contributed by atoms with E-state index >= 15 is 0 Å². The van der Waals surface area contributed by atoms with E-state index in [1.165, 1.54) is 0 Å². The molecule has 0 aliphatic heterocycles. The van der Waals surface area contributed by atoms with E-state index < -0.39 is 0 Å². The maximum absolute atomic E-state index is 6.04. The fraction of sp³-hybridized carbons (Fsp3) is 0.333. The van der Waals surface area contributed by atoms with Gasteiger partial charge in [-0.15, -0.1) is 10.2 Å². The van der Waals surface area contributed by atoms with Crippen molar-refractivity contribution in [1.82, 2.24) is 14.9 Å². The zero-order chi connectivity index (χ0) is 13.1. The molecule has 1 heterocycles. The Balaban J connectivity index is 2.28. The topological polar surface area (TPSA) is 56.7 Å². The average Bonchev–Trinajstić information content (AvgIpc) is 2.69. The van der Waals surface area contributed by atoms with Gasteiger partial charge in [0.25, 0.3) is 0 Å². The van der Waals surface area contributed by atoms with Gasteiger partial charge in [-0.2, -0.15) is 0 Å². The molecule has 1 aromatic carbocycles. The highest BCUT2D eigenvalue weighted by molar-refractivity contribution is 9.10. The Morgan fingerprint density at radius 1 is 1.33 bits per heavy atom. The normalized spacial score (nSPS) is 11.1. The Morgan fingerprint density at radius 2 is 2.06 bits per heavy atom. The predicted molar refractivity (Wildman–Crippen MR) is 78.9 cm³/mol. The summed E-state index contributed by atoms with van der Waals surface area (Å²) in [7, 11) is 0. The molecule has 0 bridgehead atoms. The first kappa shape index (κ1) is 13.4. The molecule has 2 rings (SSSR count). The third kappa shape index (κ3) is 2.87. The van der Waals surface area contributed by atoms with Gasteiger partial charge in [-0.3, -0.25) is 0 Å². The van der Waals surface area contributed by atoms with Gasteiger partial charge in [-0.25, -0.2) is 4.68 Å². The molecule has 0 aliphatic rings. The molecule has 2 N–H and O–H groups in total. The van der Waals surface area contributed by atoms with Crippen molar-refractivity contribution in [3.63, 3.8) is 0 Å². The van der Waals surface area contributed by atoms with E-state index in [1.54, 1.807) is 16.4 Å². The van der Waals surface area contributed by atoms with Crippen molar-refractivity contribution in [2.45, 2.75) is 19.0 Å². The Hall–Kier alpha value is -1.01. The van der Waals surface area contributed by atoms with Crippen molar-refractivity contribution in [2.24, 2.45) is 5.92 Å². The van der Waals surface area contributed by atoms with Crippen LogP contribution in [0, 0.1) is 5.92 Å². The maximum Gasteiger partial charge on any atom is 0.210 e. The van der Waals surface area contributed by atoms with Crippen LogP contribution >= 0.6 is 27.7 Å². The van der Waals surface area contributed by atoms with Gasteiger partial charge in [-0.1, -0.05) is 53.7 Å². The summed E-state index contributed by atoms with van der Waals surface area (Å²) >= 11 is 5.12. The molecule has 6 heteroatoms. The molecule has 1 aromatic heterocycles. The van der Waals surface area contributed by atoms with E-state index in [0.29, 0.717) is 11.7 Å². The minimum atomic E-state index is 0.596. The van der Waals surface area contributed by atoms with Gasteiger partial charge in [0.05, 0.1) is 0 Å². The number of nitrogen functional groups attached to an aromatic ring is 1. The zero-order valence-corrected chi connectivity index (χ0v) is 12.7. The molecular weight excluding hydrogens is 312 g/mol. The van der Waals surface area contributed by atoms with Gasteiger partial charge in [-0.05, 0) is 18.1 Å². The quantitative estimate of drug-likeness (QED) is 0.692. The predicted octanol–water partition coefficient (Wildman–Crippen LogP) is 3.17. The Kier molecular flexibility index (Phi) is 4.29. The minimum absolute atomic E-state index is 0.596. The maximum atomic E-state index is 6.04. The summed E-state index contributed by atoms with van der Waals surface area (Å²) in [5.41, 5.74) is 0.948. The summed E-state index contributed by atoms with van der Waals surface area (Å²) in [4.78, 5) is 0. The van der Waals surface area contributed by atoms with Crippen LogP contribution in [0.1, 0.15) is 13.8 Å². The molecule has 0 radical (unpaired) electrons. The highest BCUT2D eigenvalue weighted by Gasteiger charge is 2.14. The van der Waals surface area contributed by atoms with Crippen LogP contribution in [0.4, 0.5) is 0 Å². The summed E-state index contributed by atoms with van der Waals surface area (Å²) in [6.45, 7) is 4.33. The molecule has 0 saturated heterocycles. The van der Waals surface area contributed by atoms with Crippen LogP contribution in [-0.2, 0) is 0 Å². The van der Waals surface area contributed by atoms with Crippen LogP contribution in [-0.4, -0.2) is 20.6 Å². The monoisotopic (exact) mass is 326 g/mol. The van der Waals surface area contributed by atoms with Gasteiger partial charge in [0.1, 0.15) is 0 Å². The molecule has 0 unspecified atom stereocenters. The lowest BCUT2D eigenvalue weighted by molar-refractivity contribution is 0.744. The molecule has 0 atom stereocenters. The highest BCUT2D eigenvalue weighted by Crippen LogP contribution is 2.28. The number of thioether (sulfide) groups is 1. The average molecular weight is 327 g/mol. The molecule has 0 spiro atoms. The summed E-state index contributed by atoms with van der Waals surface area (Å²) in [6, 6.07) is 7.84. The number of benzene rings is 1. The Morgan fingerprint density at radius 3 is 2.72 bits per heavy atom. The van der Waals surface area contributed by atoms with E-state index in [-0.39, 0.29) is 0 Å². The van der Waals surface area contributed by atoms with E-state index in [0.717, 1.165) is 20.9 Å². The standard InChI is InChI=1S/C12H15BrN4S/c1-8(2)7-18-12-16-15-11(17(12)14)9-5-3-4-6-10(9)13/h3-6,8H,7,14H2,1-2H3. The minimum Gasteiger partial charge on any atom is -0.335 e. The molecule has 0 fully saturated rings. The van der Waals surface area contributed by atoms with Crippen LogP contribution in [0.3, 0.4) is 0 Å². The van der Waals surface area contributed by atoms with Crippen molar-refractivity contribution >= 4 is 27.7 Å². The second-order valence-electron chi connectivity index (χ2n) is 4.36. The highest BCUT2D eigenvalue weighted by atomic mass is 79.9. The first-order chi connectivity index (χ1) is 8.59. The number of rotatable bonds is 4. The van der Waals surface area contributed by atoms with Gasteiger partial charge in [0.2, 0.25) is 5.16 Å². The number of nitrogens with two attached hydrogens (primary N) is 1. The SMILES string of the molecule is CC(C)CSc1nnc(-c2ccccc2Br)n1N. The van der Waals surface area contributed by atoms with Crippen LogP contribution < -0.4 is 5.84 Å². The lowest BCUT2D eigenvalue weighted by Gasteiger charge is -2.06. The molecule has 0 aliphatic carbocycles. The third-order valence-corrected chi connectivity index (χ3v) is 4.39. The molecule has 2 aromatic rings. The number of aromatic nitrogens is 3. The lowest BCUT2D eigenvalue weighted by Crippen LogP contribution is -2.12. The molecule has 96 valence electrons. The van der Waals surface area contributed by atoms with Gasteiger partial charge >= 0.3 is 0 Å². The summed E-state index contributed by atoms with van der Waals surface area (Å²) in [5.74, 6) is 8.29. The van der Waals surface area contributed by atoms with Crippen LogP contribution in [0.25, 0.3) is 11.4 Å². The van der Waals surface area contributed by atoms with Crippen molar-refractivity contribution < 1.29 is 0 Å². The van der Waals surface area contributed by atoms with Gasteiger partial charge in [0, 0.05) is 15.8 Å². The summed E-state index contributed by atoms with van der Waals surface area (Å²) in [6.07, 6.45) is 0. The number of hydrogen-bond donors (Lipinski definition) is 1. The van der Waals surface area contributed by atoms with E-state index in [9.17, 15) is 0 Å². The molecule has 4 nitrogen and oxygen atoms in total. The van der Waals surface area contributed by atoms with E-state index in [4.69, 9.17) is 5.84 Å². The van der Waals surface area contributed by atoms with Crippen LogP contribution in [0.5, 0.6) is 0 Å². The lowest BCUT2D eigenvalue weighted by atomic mass is 10.2. The van der Waals surface area contributed by atoms with Crippen LogP contribution in [0.15, 0.2) is 33.9 Å². The smallest absolute Gasteiger partial charge is 0.210 e. The van der Waals surface area contributed by atoms with Crippen molar-refractivity contribution in [3.8, 4) is 11.4 Å². The van der Waals surface area contributed by atoms with Crippen LogP contribution in [0.2, 0.25) is 0 Å². The number of halogens is 1. The van der Waals surface area contributed by atoms with Crippen molar-refractivity contribution in [3.05, 3.63) is 28.7 Å². The summed E-state index contributed by atoms with van der Waals surface area (Å²) in [5, 5.41) is 9.04. The first-order valence-electron chi connectivity index (χ1n) is 5.67. The summed E-state index contributed by atoms with van der Waals surface area (Å²) < 4.78 is 2.51. The van der Waals surface area contributed by atoms with Crippen molar-refractivity contribution in [1.29, 1.82) is 0 Å². The Labute approximate surface area is 119 Å². The third-order valence-electron chi connectivity index (χ3n) is 2.33. The fourth-order valence-corrected chi connectivity index (χ4v) is 2.71. The molecule has 0 amide bonds. The van der Waals surface area contributed by atoms with E-state index in [2.05, 4.69) is 40.0 Å². The van der Waals surface area contributed by atoms with E-state index in [1.807, 2.05) is 24.3 Å². The van der Waals surface area contributed by atoms with Crippen molar-refractivity contribution in [2.75, 3.05) is 11.6 Å². The zero-order valence-electron chi connectivity index (χ0n) is 10.3. The molecule has 18 heavy (non-hydrogen) atoms. The first-order valence-corrected chi connectivity index (χ1v) is 7.45. The largest absolute Gasteiger partial charge is 0.335 e. The molecule has 0 saturated carbocycles. The number of hydrogen-bond acceptors (Lipinski definition) is 4. The number of nitrogens with zero attached hydrogens (tertiary/aromatic N) is 3. The van der Waals surface area contributed by atoms with Gasteiger partial charge < -0.3 is 5.84 Å². The van der Waals surface area contributed by atoms with Gasteiger partial charge in [0.15, 0.2) is 5.82 Å². The molecular formula is C12H15BrN4S.